The van der Waals surface area contributed by atoms with Gasteiger partial charge in [0.15, 0.2) is 0 Å². The third-order valence-corrected chi connectivity index (χ3v) is 4.36. The van der Waals surface area contributed by atoms with Crippen LogP contribution in [0.15, 0.2) is 24.3 Å². The van der Waals surface area contributed by atoms with E-state index in [9.17, 15) is 9.90 Å². The second-order valence-corrected chi connectivity index (χ2v) is 5.77. The number of aromatic carboxylic acids is 1. The summed E-state index contributed by atoms with van der Waals surface area (Å²) in [7, 11) is 0. The van der Waals surface area contributed by atoms with Crippen molar-refractivity contribution in [3.63, 3.8) is 0 Å². The maximum absolute atomic E-state index is 11.4. The van der Waals surface area contributed by atoms with E-state index in [0.717, 1.165) is 5.56 Å². The summed E-state index contributed by atoms with van der Waals surface area (Å²) in [5.41, 5.74) is 1.60. The predicted octanol–water partition coefficient (Wildman–Crippen LogP) is 5.97. The van der Waals surface area contributed by atoms with Gasteiger partial charge in [-0.3, -0.25) is 0 Å². The van der Waals surface area contributed by atoms with Crippen LogP contribution < -0.4 is 0 Å². The van der Waals surface area contributed by atoms with Gasteiger partial charge in [-0.25, -0.2) is 4.79 Å². The van der Waals surface area contributed by atoms with Crippen LogP contribution in [0.2, 0.25) is 20.1 Å². The van der Waals surface area contributed by atoms with Crippen LogP contribution in [0, 0.1) is 6.92 Å². The van der Waals surface area contributed by atoms with E-state index >= 15 is 0 Å². The van der Waals surface area contributed by atoms with Crippen molar-refractivity contribution in [2.75, 3.05) is 0 Å². The highest BCUT2D eigenvalue weighted by molar-refractivity contribution is 6.50. The van der Waals surface area contributed by atoms with Gasteiger partial charge in [-0.1, -0.05) is 64.1 Å². The monoisotopic (exact) mass is 348 g/mol. The van der Waals surface area contributed by atoms with Crippen LogP contribution in [0.4, 0.5) is 0 Å². The Bertz CT molecular complexity index is 685. The van der Waals surface area contributed by atoms with Crippen molar-refractivity contribution in [1.29, 1.82) is 0 Å². The molecule has 0 atom stereocenters. The molecule has 0 spiro atoms. The number of halogens is 4. The van der Waals surface area contributed by atoms with Gasteiger partial charge in [0.2, 0.25) is 0 Å². The van der Waals surface area contributed by atoms with Crippen molar-refractivity contribution in [2.45, 2.75) is 6.92 Å². The first-order valence-corrected chi connectivity index (χ1v) is 7.01. The Morgan fingerprint density at radius 1 is 1.00 bits per heavy atom. The van der Waals surface area contributed by atoms with Gasteiger partial charge in [-0.2, -0.15) is 0 Å². The first-order valence-electron chi connectivity index (χ1n) is 5.50. The number of hydrogen-bond donors (Lipinski definition) is 1. The van der Waals surface area contributed by atoms with Crippen LogP contribution in [-0.4, -0.2) is 11.1 Å². The summed E-state index contributed by atoms with van der Waals surface area (Å²) in [5, 5.41) is 10.1. The number of benzene rings is 2. The predicted molar refractivity (Wildman–Crippen MR) is 83.6 cm³/mol. The Kier molecular flexibility index (Phi) is 4.50. The molecule has 0 saturated heterocycles. The van der Waals surface area contributed by atoms with Crippen molar-refractivity contribution in [1.82, 2.24) is 0 Å². The number of aryl methyl sites for hydroxylation is 1. The Labute approximate surface area is 135 Å². The lowest BCUT2D eigenvalue weighted by Crippen LogP contribution is -2.01. The number of hydrogen-bond acceptors (Lipinski definition) is 1. The smallest absolute Gasteiger partial charge is 0.336 e. The fraction of sp³-hybridized carbons (Fsp3) is 0.0714. The van der Waals surface area contributed by atoms with Crippen LogP contribution in [-0.2, 0) is 0 Å². The van der Waals surface area contributed by atoms with E-state index in [1.165, 1.54) is 6.07 Å². The van der Waals surface area contributed by atoms with Crippen LogP contribution >= 0.6 is 46.4 Å². The zero-order chi connectivity index (χ0) is 15.0. The quantitative estimate of drug-likeness (QED) is 0.677. The number of carboxylic acids is 1. The molecule has 0 unspecified atom stereocenters. The Morgan fingerprint density at radius 3 is 2.05 bits per heavy atom. The molecule has 1 N–H and O–H groups in total. The molecule has 0 saturated carbocycles. The summed E-state index contributed by atoms with van der Waals surface area (Å²) in [5.74, 6) is -1.08. The highest BCUT2D eigenvalue weighted by atomic mass is 35.5. The number of carboxylic acid groups (broad SMARTS) is 1. The third-order valence-electron chi connectivity index (χ3n) is 2.79. The molecular formula is C14H8Cl4O2. The second-order valence-electron chi connectivity index (χ2n) is 4.20. The molecular weight excluding hydrogens is 342 g/mol. The first kappa shape index (κ1) is 15.5. The van der Waals surface area contributed by atoms with Gasteiger partial charge in [0, 0.05) is 5.56 Å². The van der Waals surface area contributed by atoms with E-state index < -0.39 is 5.97 Å². The average molecular weight is 350 g/mol. The van der Waals surface area contributed by atoms with Gasteiger partial charge in [0.05, 0.1) is 25.7 Å². The minimum absolute atomic E-state index is 0.0899. The number of rotatable bonds is 2. The van der Waals surface area contributed by atoms with Crippen LogP contribution in [0.5, 0.6) is 0 Å². The van der Waals surface area contributed by atoms with Crippen molar-refractivity contribution < 1.29 is 9.90 Å². The molecule has 0 heterocycles. The molecule has 20 heavy (non-hydrogen) atoms. The van der Waals surface area contributed by atoms with Crippen LogP contribution in [0.3, 0.4) is 0 Å². The third kappa shape index (κ3) is 2.75. The van der Waals surface area contributed by atoms with Gasteiger partial charge >= 0.3 is 5.97 Å². The molecule has 2 aromatic carbocycles. The highest BCUT2D eigenvalue weighted by Crippen LogP contribution is 2.44. The second kappa shape index (κ2) is 5.82. The van der Waals surface area contributed by atoms with Gasteiger partial charge in [0.1, 0.15) is 0 Å². The van der Waals surface area contributed by atoms with E-state index in [0.29, 0.717) is 11.1 Å². The molecule has 0 aromatic heterocycles. The Balaban J connectivity index is 2.85. The molecule has 0 radical (unpaired) electrons. The molecule has 0 fully saturated rings. The lowest BCUT2D eigenvalue weighted by Gasteiger charge is -2.13. The van der Waals surface area contributed by atoms with E-state index in [2.05, 4.69) is 0 Å². The van der Waals surface area contributed by atoms with Gasteiger partial charge in [-0.15, -0.1) is 0 Å². The van der Waals surface area contributed by atoms with Crippen LogP contribution in [0.1, 0.15) is 15.9 Å². The standard InChI is InChI=1S/C14H8Cl4O2/c1-6-2-3-7(8(4-6)14(19)20)11-12(17)9(15)5-10(16)13(11)18/h2-5H,1H3,(H,19,20). The van der Waals surface area contributed by atoms with Gasteiger partial charge < -0.3 is 5.11 Å². The van der Waals surface area contributed by atoms with E-state index in [4.69, 9.17) is 46.4 Å². The number of carbonyl (C=O) groups is 1. The fourth-order valence-electron chi connectivity index (χ4n) is 1.86. The summed E-state index contributed by atoms with van der Waals surface area (Å²) < 4.78 is 0. The van der Waals surface area contributed by atoms with E-state index in [1.807, 2.05) is 0 Å². The molecule has 0 bridgehead atoms. The van der Waals surface area contributed by atoms with Gasteiger partial charge in [-0.05, 0) is 24.6 Å². The summed E-state index contributed by atoms with van der Waals surface area (Å²) >= 11 is 24.3. The van der Waals surface area contributed by atoms with Crippen molar-refractivity contribution in [3.05, 3.63) is 55.5 Å². The Hall–Kier alpha value is -0.930. The molecule has 2 aromatic rings. The highest BCUT2D eigenvalue weighted by Gasteiger charge is 2.20. The first-order chi connectivity index (χ1) is 9.32. The van der Waals surface area contributed by atoms with Crippen molar-refractivity contribution in [2.24, 2.45) is 0 Å². The molecule has 2 rings (SSSR count). The minimum Gasteiger partial charge on any atom is -0.478 e. The Morgan fingerprint density at radius 2 is 1.55 bits per heavy atom. The van der Waals surface area contributed by atoms with Gasteiger partial charge in [0.25, 0.3) is 0 Å². The minimum atomic E-state index is -1.08. The molecule has 0 aliphatic carbocycles. The maximum atomic E-state index is 11.4. The van der Waals surface area contributed by atoms with Crippen molar-refractivity contribution >= 4 is 52.4 Å². The average Bonchev–Trinajstić information content (AvgIpc) is 2.38. The molecule has 2 nitrogen and oxygen atoms in total. The summed E-state index contributed by atoms with van der Waals surface area (Å²) in [6.45, 7) is 1.80. The lowest BCUT2D eigenvalue weighted by atomic mass is 9.97. The lowest BCUT2D eigenvalue weighted by molar-refractivity contribution is 0.0697. The SMILES string of the molecule is Cc1ccc(-c2c(Cl)c(Cl)cc(Cl)c2Cl)c(C(=O)O)c1. The maximum Gasteiger partial charge on any atom is 0.336 e. The zero-order valence-electron chi connectivity index (χ0n) is 10.2. The molecule has 6 heteroatoms. The molecule has 0 amide bonds. The summed E-state index contributed by atoms with van der Waals surface area (Å²) in [6.07, 6.45) is 0. The fourth-order valence-corrected chi connectivity index (χ4v) is 2.88. The molecule has 104 valence electrons. The van der Waals surface area contributed by atoms with E-state index in [1.54, 1.807) is 25.1 Å². The summed E-state index contributed by atoms with van der Waals surface area (Å²) in [6, 6.07) is 6.37. The normalized spacial score (nSPS) is 10.7. The summed E-state index contributed by atoms with van der Waals surface area (Å²) in [4.78, 5) is 11.4. The van der Waals surface area contributed by atoms with Crippen molar-refractivity contribution in [3.8, 4) is 11.1 Å². The van der Waals surface area contributed by atoms with Crippen LogP contribution in [0.25, 0.3) is 11.1 Å². The van der Waals surface area contributed by atoms with E-state index in [-0.39, 0.29) is 25.7 Å². The molecule has 0 aliphatic rings. The zero-order valence-corrected chi connectivity index (χ0v) is 13.2. The largest absolute Gasteiger partial charge is 0.478 e. The molecule has 0 aliphatic heterocycles. The topological polar surface area (TPSA) is 37.3 Å².